The summed E-state index contributed by atoms with van der Waals surface area (Å²) in [7, 11) is 0. The second kappa shape index (κ2) is 7.68. The number of hydrogen-bond acceptors (Lipinski definition) is 3. The van der Waals surface area contributed by atoms with Crippen LogP contribution in [0.3, 0.4) is 0 Å². The molecule has 0 unspecified atom stereocenters. The van der Waals surface area contributed by atoms with E-state index in [1.165, 1.54) is 11.8 Å². The molecule has 1 aliphatic heterocycles. The van der Waals surface area contributed by atoms with Crippen LogP contribution in [-0.2, 0) is 9.59 Å². The predicted octanol–water partition coefficient (Wildman–Crippen LogP) is 3.34. The fourth-order valence-corrected chi connectivity index (χ4v) is 3.62. The lowest BCUT2D eigenvalue weighted by molar-refractivity contribution is -0.166. The maximum Gasteiger partial charge on any atom is 0.406 e. The summed E-state index contributed by atoms with van der Waals surface area (Å²) in [5.74, 6) is -1.45. The van der Waals surface area contributed by atoms with Crippen molar-refractivity contribution in [3.05, 3.63) is 29.8 Å². The third-order valence-corrected chi connectivity index (χ3v) is 5.52. The zero-order chi connectivity index (χ0) is 21.5. The van der Waals surface area contributed by atoms with Crippen molar-refractivity contribution in [3.8, 4) is 0 Å². The highest BCUT2D eigenvalue weighted by Gasteiger charge is 2.46. The Kier molecular flexibility index (Phi) is 5.60. The highest BCUT2D eigenvalue weighted by Crippen LogP contribution is 2.36. The maximum atomic E-state index is 13.0. The van der Waals surface area contributed by atoms with Gasteiger partial charge < -0.3 is 4.90 Å². The quantitative estimate of drug-likeness (QED) is 0.675. The molecule has 0 aromatic heterocycles. The molecular formula is C20H24F3N3O3. The summed E-state index contributed by atoms with van der Waals surface area (Å²) in [5.41, 5.74) is 1.47. The van der Waals surface area contributed by atoms with E-state index in [4.69, 9.17) is 0 Å². The first-order chi connectivity index (χ1) is 13.5. The summed E-state index contributed by atoms with van der Waals surface area (Å²) in [6, 6.07) is 4.82. The van der Waals surface area contributed by atoms with Crippen LogP contribution in [0, 0.1) is 12.8 Å². The molecular weight excluding hydrogens is 387 g/mol. The van der Waals surface area contributed by atoms with Gasteiger partial charge in [-0.1, -0.05) is 17.7 Å². The SMILES string of the molecule is Cc1ccc(N2C(=O)N(CC(=O)N(CC(F)(F)F)[C@H](C)C3CC3)C(=O)[C@H]2C)cc1. The largest absolute Gasteiger partial charge is 0.406 e. The van der Waals surface area contributed by atoms with Crippen LogP contribution in [0.5, 0.6) is 0 Å². The lowest BCUT2D eigenvalue weighted by Gasteiger charge is -2.31. The van der Waals surface area contributed by atoms with Gasteiger partial charge in [-0.15, -0.1) is 0 Å². The summed E-state index contributed by atoms with van der Waals surface area (Å²) in [5, 5.41) is 0. The molecule has 0 radical (unpaired) electrons. The number of aryl methyl sites for hydroxylation is 1. The molecule has 1 aromatic carbocycles. The van der Waals surface area contributed by atoms with Crippen molar-refractivity contribution in [2.24, 2.45) is 5.92 Å². The molecule has 0 bridgehead atoms. The van der Waals surface area contributed by atoms with Gasteiger partial charge in [0.05, 0.1) is 0 Å². The zero-order valence-electron chi connectivity index (χ0n) is 16.6. The van der Waals surface area contributed by atoms with Crippen molar-refractivity contribution in [3.63, 3.8) is 0 Å². The molecule has 1 saturated carbocycles. The Morgan fingerprint density at radius 1 is 1.21 bits per heavy atom. The average molecular weight is 411 g/mol. The number of urea groups is 1. The average Bonchev–Trinajstić information content (AvgIpc) is 3.46. The third-order valence-electron chi connectivity index (χ3n) is 5.52. The number of nitrogens with zero attached hydrogens (tertiary/aromatic N) is 3. The van der Waals surface area contributed by atoms with E-state index in [-0.39, 0.29) is 5.92 Å². The van der Waals surface area contributed by atoms with Crippen LogP contribution in [0.4, 0.5) is 23.7 Å². The van der Waals surface area contributed by atoms with Gasteiger partial charge in [0.15, 0.2) is 0 Å². The number of hydrogen-bond donors (Lipinski definition) is 0. The van der Waals surface area contributed by atoms with E-state index >= 15 is 0 Å². The Bertz CT molecular complexity index is 805. The molecule has 1 saturated heterocycles. The molecule has 4 amide bonds. The predicted molar refractivity (Wildman–Crippen MR) is 100 cm³/mol. The Balaban J connectivity index is 1.78. The van der Waals surface area contributed by atoms with Crippen molar-refractivity contribution >= 4 is 23.5 Å². The number of anilines is 1. The molecule has 9 heteroatoms. The second-order valence-corrected chi connectivity index (χ2v) is 7.80. The number of alkyl halides is 3. The van der Waals surface area contributed by atoms with Gasteiger partial charge in [-0.3, -0.25) is 19.4 Å². The van der Waals surface area contributed by atoms with Crippen molar-refractivity contribution in [1.82, 2.24) is 9.80 Å². The van der Waals surface area contributed by atoms with Crippen LogP contribution in [-0.4, -0.2) is 59.0 Å². The first-order valence-electron chi connectivity index (χ1n) is 9.57. The van der Waals surface area contributed by atoms with E-state index in [2.05, 4.69) is 0 Å². The first-order valence-corrected chi connectivity index (χ1v) is 9.57. The molecule has 6 nitrogen and oxygen atoms in total. The summed E-state index contributed by atoms with van der Waals surface area (Å²) >= 11 is 0. The summed E-state index contributed by atoms with van der Waals surface area (Å²) in [6.45, 7) is 2.90. The van der Waals surface area contributed by atoms with Gasteiger partial charge in [0.1, 0.15) is 19.1 Å². The molecule has 0 spiro atoms. The standard InChI is InChI=1S/C20H24F3N3O3/c1-12-4-8-16(9-5-12)26-14(3)18(28)24(19(26)29)10-17(27)25(11-20(21,22)23)13(2)15-6-7-15/h4-5,8-9,13-15H,6-7,10-11H2,1-3H3/t13-,14-/m1/s1. The molecule has 2 fully saturated rings. The minimum Gasteiger partial charge on any atom is -0.329 e. The first kappa shape index (κ1) is 21.1. The summed E-state index contributed by atoms with van der Waals surface area (Å²) in [4.78, 5) is 40.9. The van der Waals surface area contributed by atoms with E-state index in [1.807, 2.05) is 6.92 Å². The molecule has 2 atom stereocenters. The fraction of sp³-hybridized carbons (Fsp3) is 0.550. The van der Waals surface area contributed by atoms with E-state index < -0.39 is 49.2 Å². The monoisotopic (exact) mass is 411 g/mol. The molecule has 1 aliphatic carbocycles. The van der Waals surface area contributed by atoms with Gasteiger partial charge in [0, 0.05) is 11.7 Å². The molecule has 29 heavy (non-hydrogen) atoms. The Labute approximate surface area is 167 Å². The number of benzene rings is 1. The van der Waals surface area contributed by atoms with Crippen molar-refractivity contribution in [2.75, 3.05) is 18.0 Å². The Hall–Kier alpha value is -2.58. The van der Waals surface area contributed by atoms with Crippen molar-refractivity contribution in [1.29, 1.82) is 0 Å². The number of halogens is 3. The number of imide groups is 1. The number of rotatable bonds is 6. The van der Waals surface area contributed by atoms with Crippen LogP contribution in [0.1, 0.15) is 32.3 Å². The highest BCUT2D eigenvalue weighted by atomic mass is 19.4. The van der Waals surface area contributed by atoms with Crippen LogP contribution < -0.4 is 4.90 Å². The molecule has 1 aromatic rings. The molecule has 3 rings (SSSR count). The van der Waals surface area contributed by atoms with Crippen LogP contribution in [0.15, 0.2) is 24.3 Å². The molecule has 1 heterocycles. The van der Waals surface area contributed by atoms with E-state index in [0.29, 0.717) is 5.69 Å². The van der Waals surface area contributed by atoms with Crippen molar-refractivity contribution in [2.45, 2.75) is 51.9 Å². The zero-order valence-corrected chi connectivity index (χ0v) is 16.6. The Morgan fingerprint density at radius 2 is 1.79 bits per heavy atom. The van der Waals surface area contributed by atoms with E-state index in [0.717, 1.165) is 28.2 Å². The summed E-state index contributed by atoms with van der Waals surface area (Å²) in [6.07, 6.45) is -3.02. The molecule has 158 valence electrons. The van der Waals surface area contributed by atoms with Gasteiger partial charge in [0.25, 0.3) is 5.91 Å². The van der Waals surface area contributed by atoms with Crippen LogP contribution >= 0.6 is 0 Å². The summed E-state index contributed by atoms with van der Waals surface area (Å²) < 4.78 is 39.0. The van der Waals surface area contributed by atoms with E-state index in [9.17, 15) is 27.6 Å². The Morgan fingerprint density at radius 3 is 2.31 bits per heavy atom. The maximum absolute atomic E-state index is 13.0. The topological polar surface area (TPSA) is 60.9 Å². The minimum absolute atomic E-state index is 0.0225. The number of amides is 4. The lowest BCUT2D eigenvalue weighted by Crippen LogP contribution is -2.50. The van der Waals surface area contributed by atoms with Gasteiger partial charge in [-0.2, -0.15) is 13.2 Å². The minimum atomic E-state index is -4.56. The van der Waals surface area contributed by atoms with E-state index in [1.54, 1.807) is 31.2 Å². The van der Waals surface area contributed by atoms with Gasteiger partial charge in [-0.05, 0) is 51.7 Å². The number of carbonyl (C=O) groups excluding carboxylic acids is 3. The van der Waals surface area contributed by atoms with Gasteiger partial charge in [-0.25, -0.2) is 4.79 Å². The second-order valence-electron chi connectivity index (χ2n) is 7.80. The highest BCUT2D eigenvalue weighted by molar-refractivity contribution is 6.15. The lowest BCUT2D eigenvalue weighted by atomic mass is 10.1. The van der Waals surface area contributed by atoms with Crippen LogP contribution in [0.2, 0.25) is 0 Å². The smallest absolute Gasteiger partial charge is 0.329 e. The van der Waals surface area contributed by atoms with Crippen molar-refractivity contribution < 1.29 is 27.6 Å². The third kappa shape index (κ3) is 4.54. The fourth-order valence-electron chi connectivity index (χ4n) is 3.62. The molecule has 2 aliphatic rings. The van der Waals surface area contributed by atoms with Gasteiger partial charge in [0.2, 0.25) is 5.91 Å². The number of carbonyl (C=O) groups is 3. The van der Waals surface area contributed by atoms with Gasteiger partial charge >= 0.3 is 12.2 Å². The van der Waals surface area contributed by atoms with Crippen LogP contribution in [0.25, 0.3) is 0 Å². The molecule has 0 N–H and O–H groups in total. The normalized spacial score (nSPS) is 21.0.